The van der Waals surface area contributed by atoms with Crippen molar-refractivity contribution in [1.82, 2.24) is 9.72 Å². The summed E-state index contributed by atoms with van der Waals surface area (Å²) in [5.74, 6) is -1.07. The van der Waals surface area contributed by atoms with Crippen molar-refractivity contribution >= 4 is 11.6 Å². The second-order valence-electron chi connectivity index (χ2n) is 4.99. The van der Waals surface area contributed by atoms with Crippen LogP contribution in [0.4, 0.5) is 8.78 Å². The van der Waals surface area contributed by atoms with Crippen LogP contribution in [0.15, 0.2) is 51.8 Å². The summed E-state index contributed by atoms with van der Waals surface area (Å²) in [6.45, 7) is 0.191. The van der Waals surface area contributed by atoms with E-state index in [1.807, 2.05) is 0 Å². The molecule has 0 saturated carbocycles. The third-order valence-electron chi connectivity index (χ3n) is 3.38. The lowest BCUT2D eigenvalue weighted by Crippen LogP contribution is -2.18. The molecule has 2 aromatic carbocycles. The van der Waals surface area contributed by atoms with Crippen molar-refractivity contribution in [3.05, 3.63) is 86.6 Å². The normalized spacial score (nSPS) is 10.9. The molecule has 0 atom stereocenters. The van der Waals surface area contributed by atoms with Gasteiger partial charge < -0.3 is 0 Å². The number of hydrogen-bond donors (Lipinski definition) is 0. The van der Waals surface area contributed by atoms with Gasteiger partial charge in [-0.3, -0.25) is 9.09 Å². The van der Waals surface area contributed by atoms with Gasteiger partial charge >= 0.3 is 5.76 Å². The van der Waals surface area contributed by atoms with Gasteiger partial charge in [-0.1, -0.05) is 35.0 Å². The quantitative estimate of drug-likeness (QED) is 0.733. The van der Waals surface area contributed by atoms with Crippen molar-refractivity contribution in [3.8, 4) is 0 Å². The summed E-state index contributed by atoms with van der Waals surface area (Å²) in [6.07, 6.45) is 0.214. The second kappa shape index (κ2) is 6.34. The van der Waals surface area contributed by atoms with Gasteiger partial charge in [0.1, 0.15) is 11.6 Å². The Morgan fingerprint density at radius 2 is 1.78 bits per heavy atom. The van der Waals surface area contributed by atoms with Crippen LogP contribution in [-0.4, -0.2) is 9.72 Å². The van der Waals surface area contributed by atoms with Gasteiger partial charge in [-0.05, 0) is 35.4 Å². The highest BCUT2D eigenvalue weighted by Crippen LogP contribution is 2.20. The van der Waals surface area contributed by atoms with E-state index in [-0.39, 0.29) is 23.8 Å². The smallest absolute Gasteiger partial charge is 0.296 e. The molecule has 4 nitrogen and oxygen atoms in total. The monoisotopic (exact) mass is 336 g/mol. The number of halogens is 3. The largest absolute Gasteiger partial charge is 0.441 e. The van der Waals surface area contributed by atoms with E-state index in [4.69, 9.17) is 16.1 Å². The SMILES string of the molecule is O=c1onc(Cc2ccc(F)cc2Cl)n1Cc1ccc(F)cc1. The number of nitrogens with zero attached hydrogens (tertiary/aromatic N) is 2. The molecule has 0 saturated heterocycles. The molecule has 0 aliphatic rings. The van der Waals surface area contributed by atoms with Gasteiger partial charge in [0, 0.05) is 11.4 Å². The zero-order valence-corrected chi connectivity index (χ0v) is 12.6. The van der Waals surface area contributed by atoms with Crippen LogP contribution in [0.5, 0.6) is 0 Å². The molecule has 3 aromatic rings. The maximum absolute atomic E-state index is 13.1. The van der Waals surface area contributed by atoms with E-state index in [2.05, 4.69) is 5.16 Å². The van der Waals surface area contributed by atoms with Crippen LogP contribution < -0.4 is 5.76 Å². The molecule has 3 rings (SSSR count). The molecule has 1 heterocycles. The van der Waals surface area contributed by atoms with Crippen molar-refractivity contribution in [1.29, 1.82) is 0 Å². The Morgan fingerprint density at radius 1 is 1.09 bits per heavy atom. The maximum Gasteiger partial charge on any atom is 0.441 e. The van der Waals surface area contributed by atoms with E-state index in [1.165, 1.54) is 34.9 Å². The van der Waals surface area contributed by atoms with E-state index in [0.717, 1.165) is 5.56 Å². The molecule has 0 unspecified atom stereocenters. The Hall–Kier alpha value is -2.47. The van der Waals surface area contributed by atoms with Crippen LogP contribution in [0.25, 0.3) is 0 Å². The fraction of sp³-hybridized carbons (Fsp3) is 0.125. The van der Waals surface area contributed by atoms with Crippen LogP contribution in [-0.2, 0) is 13.0 Å². The highest BCUT2D eigenvalue weighted by Gasteiger charge is 2.14. The van der Waals surface area contributed by atoms with E-state index < -0.39 is 11.6 Å². The van der Waals surface area contributed by atoms with Crippen molar-refractivity contribution in [2.24, 2.45) is 0 Å². The summed E-state index contributed by atoms with van der Waals surface area (Å²) in [7, 11) is 0. The second-order valence-corrected chi connectivity index (χ2v) is 5.40. The summed E-state index contributed by atoms with van der Waals surface area (Å²) < 4.78 is 32.0. The lowest BCUT2D eigenvalue weighted by Gasteiger charge is -2.06. The molecule has 23 heavy (non-hydrogen) atoms. The van der Waals surface area contributed by atoms with Gasteiger partial charge in [-0.2, -0.15) is 0 Å². The molecular weight excluding hydrogens is 326 g/mol. The number of hydrogen-bond acceptors (Lipinski definition) is 3. The Balaban J connectivity index is 1.89. The first-order valence-electron chi connectivity index (χ1n) is 6.76. The topological polar surface area (TPSA) is 48.0 Å². The van der Waals surface area contributed by atoms with Crippen LogP contribution in [0.2, 0.25) is 5.02 Å². The highest BCUT2D eigenvalue weighted by atomic mass is 35.5. The molecule has 7 heteroatoms. The fourth-order valence-corrected chi connectivity index (χ4v) is 2.42. The predicted octanol–water partition coefficient (Wildman–Crippen LogP) is 3.41. The summed E-state index contributed by atoms with van der Waals surface area (Å²) in [5, 5.41) is 3.98. The Labute approximate surface area is 134 Å². The van der Waals surface area contributed by atoms with Crippen LogP contribution in [0.3, 0.4) is 0 Å². The zero-order valence-electron chi connectivity index (χ0n) is 11.8. The molecule has 118 valence electrons. The van der Waals surface area contributed by atoms with E-state index in [9.17, 15) is 13.6 Å². The van der Waals surface area contributed by atoms with Gasteiger partial charge in [0.15, 0.2) is 5.82 Å². The first-order chi connectivity index (χ1) is 11.0. The van der Waals surface area contributed by atoms with E-state index >= 15 is 0 Å². The van der Waals surface area contributed by atoms with Gasteiger partial charge in [-0.25, -0.2) is 13.6 Å². The molecule has 1 aromatic heterocycles. The summed E-state index contributed by atoms with van der Waals surface area (Å²) in [4.78, 5) is 11.8. The average Bonchev–Trinajstić information content (AvgIpc) is 2.85. The predicted molar refractivity (Wildman–Crippen MR) is 80.5 cm³/mol. The van der Waals surface area contributed by atoms with Crippen LogP contribution in [0.1, 0.15) is 17.0 Å². The van der Waals surface area contributed by atoms with Crippen LogP contribution >= 0.6 is 11.6 Å². The summed E-state index contributed by atoms with van der Waals surface area (Å²) >= 11 is 5.99. The standard InChI is InChI=1S/C16H11ClF2N2O2/c17-14-8-13(19)6-3-11(14)7-15-20-23-16(22)21(15)9-10-1-4-12(18)5-2-10/h1-6,8H,7,9H2. The molecule has 0 aliphatic carbocycles. The molecule has 0 aliphatic heterocycles. The van der Waals surface area contributed by atoms with Crippen molar-refractivity contribution in [3.63, 3.8) is 0 Å². The Bertz CT molecular complexity index is 888. The fourth-order valence-electron chi connectivity index (χ4n) is 2.19. The first-order valence-corrected chi connectivity index (χ1v) is 7.14. The first kappa shape index (κ1) is 15.4. The van der Waals surface area contributed by atoms with Gasteiger partial charge in [-0.15, -0.1) is 0 Å². The number of benzene rings is 2. The molecule has 0 N–H and O–H groups in total. The molecule has 0 fully saturated rings. The molecule has 0 spiro atoms. The zero-order chi connectivity index (χ0) is 16.4. The molecule has 0 amide bonds. The summed E-state index contributed by atoms with van der Waals surface area (Å²) in [5.41, 5.74) is 1.34. The lowest BCUT2D eigenvalue weighted by atomic mass is 10.1. The minimum atomic E-state index is -0.623. The Morgan fingerprint density at radius 3 is 2.48 bits per heavy atom. The van der Waals surface area contributed by atoms with Gasteiger partial charge in [0.05, 0.1) is 6.54 Å². The molecule has 0 radical (unpaired) electrons. The lowest BCUT2D eigenvalue weighted by molar-refractivity contribution is 0.375. The van der Waals surface area contributed by atoms with Crippen molar-refractivity contribution in [2.45, 2.75) is 13.0 Å². The van der Waals surface area contributed by atoms with Crippen LogP contribution in [0, 0.1) is 11.6 Å². The maximum atomic E-state index is 13.1. The third kappa shape index (κ3) is 3.48. The van der Waals surface area contributed by atoms with E-state index in [0.29, 0.717) is 11.4 Å². The summed E-state index contributed by atoms with van der Waals surface area (Å²) in [6, 6.07) is 9.77. The van der Waals surface area contributed by atoms with E-state index in [1.54, 1.807) is 12.1 Å². The molecular formula is C16H11ClF2N2O2. The van der Waals surface area contributed by atoms with Gasteiger partial charge in [0.2, 0.25) is 0 Å². The van der Waals surface area contributed by atoms with Gasteiger partial charge in [0.25, 0.3) is 0 Å². The number of rotatable bonds is 4. The third-order valence-corrected chi connectivity index (χ3v) is 3.73. The number of aromatic nitrogens is 2. The highest BCUT2D eigenvalue weighted by molar-refractivity contribution is 6.31. The minimum absolute atomic E-state index is 0.191. The van der Waals surface area contributed by atoms with Crippen molar-refractivity contribution in [2.75, 3.05) is 0 Å². The Kier molecular flexibility index (Phi) is 4.25. The average molecular weight is 337 g/mol. The van der Waals surface area contributed by atoms with Crippen molar-refractivity contribution < 1.29 is 13.3 Å². The molecule has 0 bridgehead atoms. The minimum Gasteiger partial charge on any atom is -0.296 e.